The standard InChI is InChI=1S/C20H11Cl2FN6/c21-12-3-1-4-13(22)18(12)20-26-16-8-10(15-5-2-6-24-28-15)14(23)7-11(16)19-17(27-20)9-25-29-19/h1-9H,(H,25,29)(H,26,27). The van der Waals surface area contributed by atoms with Crippen LogP contribution in [-0.2, 0) is 0 Å². The first-order valence-electron chi connectivity index (χ1n) is 8.57. The van der Waals surface area contributed by atoms with E-state index in [4.69, 9.17) is 28.2 Å². The monoisotopic (exact) mass is 424 g/mol. The van der Waals surface area contributed by atoms with E-state index < -0.39 is 5.82 Å². The first-order chi connectivity index (χ1) is 14.1. The van der Waals surface area contributed by atoms with E-state index in [0.29, 0.717) is 49.8 Å². The lowest BCUT2D eigenvalue weighted by molar-refractivity contribution is 0.631. The number of aromatic amines is 1. The second-order valence-corrected chi connectivity index (χ2v) is 7.10. The van der Waals surface area contributed by atoms with Crippen LogP contribution in [-0.4, -0.2) is 26.2 Å². The van der Waals surface area contributed by atoms with Gasteiger partial charge in [-0.25, -0.2) is 9.38 Å². The lowest BCUT2D eigenvalue weighted by atomic mass is 10.0. The highest BCUT2D eigenvalue weighted by Gasteiger charge is 2.24. The second-order valence-electron chi connectivity index (χ2n) is 6.29. The van der Waals surface area contributed by atoms with Crippen LogP contribution in [0.5, 0.6) is 0 Å². The number of hydrogen-bond donors (Lipinski definition) is 2. The van der Waals surface area contributed by atoms with Gasteiger partial charge in [0.05, 0.1) is 32.7 Å². The van der Waals surface area contributed by atoms with Gasteiger partial charge in [0.1, 0.15) is 17.3 Å². The summed E-state index contributed by atoms with van der Waals surface area (Å²) >= 11 is 12.8. The minimum atomic E-state index is -0.451. The highest BCUT2D eigenvalue weighted by atomic mass is 35.5. The van der Waals surface area contributed by atoms with E-state index in [-0.39, 0.29) is 5.56 Å². The van der Waals surface area contributed by atoms with Crippen LogP contribution < -0.4 is 5.32 Å². The molecule has 2 N–H and O–H groups in total. The minimum Gasteiger partial charge on any atom is -0.337 e. The lowest BCUT2D eigenvalue weighted by Crippen LogP contribution is -2.13. The van der Waals surface area contributed by atoms with E-state index in [1.54, 1.807) is 42.6 Å². The van der Waals surface area contributed by atoms with Crippen molar-refractivity contribution in [3.63, 3.8) is 0 Å². The van der Waals surface area contributed by atoms with Gasteiger partial charge in [0.2, 0.25) is 0 Å². The Balaban J connectivity index is 1.78. The van der Waals surface area contributed by atoms with Crippen LogP contribution in [0.3, 0.4) is 0 Å². The summed E-state index contributed by atoms with van der Waals surface area (Å²) in [5, 5.41) is 19.0. The van der Waals surface area contributed by atoms with E-state index >= 15 is 0 Å². The van der Waals surface area contributed by atoms with Gasteiger partial charge in [0.25, 0.3) is 0 Å². The van der Waals surface area contributed by atoms with Gasteiger partial charge < -0.3 is 5.32 Å². The molecule has 4 aromatic rings. The third-order valence-corrected chi connectivity index (χ3v) is 5.14. The lowest BCUT2D eigenvalue weighted by Gasteiger charge is -2.11. The Bertz CT molecular complexity index is 1250. The summed E-state index contributed by atoms with van der Waals surface area (Å²) in [6.07, 6.45) is 3.19. The van der Waals surface area contributed by atoms with Gasteiger partial charge >= 0.3 is 0 Å². The fourth-order valence-corrected chi connectivity index (χ4v) is 3.77. The summed E-state index contributed by atoms with van der Waals surface area (Å²) in [5.74, 6) is -0.0219. The number of hydrogen-bond acceptors (Lipinski definition) is 5. The van der Waals surface area contributed by atoms with Crippen molar-refractivity contribution in [1.82, 2.24) is 20.4 Å². The largest absolute Gasteiger partial charge is 0.337 e. The fraction of sp³-hybridized carbons (Fsp3) is 0. The number of aromatic nitrogens is 4. The number of nitrogens with one attached hydrogen (secondary N) is 2. The van der Waals surface area contributed by atoms with E-state index in [9.17, 15) is 4.39 Å². The SMILES string of the molecule is Fc1cc2c(cc1-c1cccnn1)N=C(c1c(Cl)cccc1Cl)Nc1c[nH]nc1-2. The molecule has 0 spiro atoms. The van der Waals surface area contributed by atoms with Crippen LogP contribution in [0, 0.1) is 5.82 Å². The van der Waals surface area contributed by atoms with Gasteiger partial charge in [-0.05, 0) is 36.4 Å². The number of amidine groups is 1. The zero-order chi connectivity index (χ0) is 20.0. The molecule has 0 bridgehead atoms. The summed E-state index contributed by atoms with van der Waals surface area (Å²) in [6.45, 7) is 0. The zero-order valence-corrected chi connectivity index (χ0v) is 16.1. The first-order valence-corrected chi connectivity index (χ1v) is 9.33. The van der Waals surface area contributed by atoms with Crippen molar-refractivity contribution in [3.8, 4) is 22.5 Å². The molecule has 6 nitrogen and oxygen atoms in total. The van der Waals surface area contributed by atoms with Crippen molar-refractivity contribution in [1.29, 1.82) is 0 Å². The highest BCUT2D eigenvalue weighted by molar-refractivity contribution is 6.41. The molecule has 0 saturated heterocycles. The maximum Gasteiger partial charge on any atom is 0.141 e. The fourth-order valence-electron chi connectivity index (χ4n) is 3.19. The molecule has 3 heterocycles. The molecule has 0 fully saturated rings. The average molecular weight is 425 g/mol. The summed E-state index contributed by atoms with van der Waals surface area (Å²) in [6, 6.07) is 11.6. The number of rotatable bonds is 2. The molecule has 9 heteroatoms. The van der Waals surface area contributed by atoms with Crippen molar-refractivity contribution >= 4 is 40.4 Å². The van der Waals surface area contributed by atoms with E-state index in [0.717, 1.165) is 0 Å². The Kier molecular flexibility index (Phi) is 4.26. The quantitative estimate of drug-likeness (QED) is 0.446. The van der Waals surface area contributed by atoms with Gasteiger partial charge in [0.15, 0.2) is 0 Å². The van der Waals surface area contributed by atoms with Gasteiger partial charge in [0, 0.05) is 23.5 Å². The van der Waals surface area contributed by atoms with Gasteiger partial charge in [-0.1, -0.05) is 29.3 Å². The minimum absolute atomic E-state index is 0.282. The molecule has 0 unspecified atom stereocenters. The highest BCUT2D eigenvalue weighted by Crippen LogP contribution is 2.41. The van der Waals surface area contributed by atoms with Crippen molar-refractivity contribution in [2.75, 3.05) is 5.32 Å². The Labute approximate surface area is 174 Å². The maximum absolute atomic E-state index is 14.9. The molecule has 1 aliphatic heterocycles. The third-order valence-electron chi connectivity index (χ3n) is 4.51. The van der Waals surface area contributed by atoms with Crippen molar-refractivity contribution < 1.29 is 4.39 Å². The molecule has 2 aromatic carbocycles. The molecule has 0 radical (unpaired) electrons. The molecule has 0 aliphatic carbocycles. The maximum atomic E-state index is 14.9. The molecule has 0 amide bonds. The predicted molar refractivity (Wildman–Crippen MR) is 111 cm³/mol. The molecule has 142 valence electrons. The smallest absolute Gasteiger partial charge is 0.141 e. The molecular formula is C20H11Cl2FN6. The Morgan fingerprint density at radius 2 is 1.79 bits per heavy atom. The Hall–Kier alpha value is -3.29. The number of H-pyrrole nitrogens is 1. The van der Waals surface area contributed by atoms with Crippen molar-refractivity contribution in [3.05, 3.63) is 76.3 Å². The molecule has 2 aromatic heterocycles. The number of benzene rings is 2. The summed E-state index contributed by atoms with van der Waals surface area (Å²) < 4.78 is 14.9. The van der Waals surface area contributed by atoms with Gasteiger partial charge in [-0.15, -0.1) is 0 Å². The third kappa shape index (κ3) is 3.04. The van der Waals surface area contributed by atoms with Gasteiger partial charge in [-0.2, -0.15) is 15.3 Å². The van der Waals surface area contributed by atoms with Crippen molar-refractivity contribution in [2.24, 2.45) is 4.99 Å². The van der Waals surface area contributed by atoms with Crippen LogP contribution >= 0.6 is 23.2 Å². The second kappa shape index (κ2) is 6.95. The van der Waals surface area contributed by atoms with E-state index in [2.05, 4.69) is 25.7 Å². The Morgan fingerprint density at radius 3 is 2.55 bits per heavy atom. The van der Waals surface area contributed by atoms with Crippen LogP contribution in [0.2, 0.25) is 10.0 Å². The topological polar surface area (TPSA) is 78.9 Å². The number of anilines is 1. The first kappa shape index (κ1) is 17.8. The normalized spacial score (nSPS) is 12.4. The molecule has 29 heavy (non-hydrogen) atoms. The summed E-state index contributed by atoms with van der Waals surface area (Å²) in [5.41, 5.74) is 3.41. The molecule has 0 saturated carbocycles. The predicted octanol–water partition coefficient (Wildman–Crippen LogP) is 5.48. The number of nitrogens with zero attached hydrogens (tertiary/aromatic N) is 4. The summed E-state index contributed by atoms with van der Waals surface area (Å²) in [7, 11) is 0. The van der Waals surface area contributed by atoms with Gasteiger partial charge in [-0.3, -0.25) is 5.10 Å². The van der Waals surface area contributed by atoms with Crippen LogP contribution in [0.25, 0.3) is 22.5 Å². The number of halogens is 3. The van der Waals surface area contributed by atoms with Crippen LogP contribution in [0.4, 0.5) is 15.8 Å². The molecule has 0 atom stereocenters. The Morgan fingerprint density at radius 1 is 0.966 bits per heavy atom. The number of aliphatic imine (C=N–C) groups is 1. The molecule has 1 aliphatic rings. The van der Waals surface area contributed by atoms with E-state index in [1.807, 2.05) is 0 Å². The van der Waals surface area contributed by atoms with E-state index in [1.165, 1.54) is 12.3 Å². The van der Waals surface area contributed by atoms with Crippen LogP contribution in [0.15, 0.2) is 59.9 Å². The molecule has 5 rings (SSSR count). The average Bonchev–Trinajstić information content (AvgIpc) is 3.12. The zero-order valence-electron chi connectivity index (χ0n) is 14.6. The summed E-state index contributed by atoms with van der Waals surface area (Å²) in [4.78, 5) is 4.71. The van der Waals surface area contributed by atoms with Crippen LogP contribution in [0.1, 0.15) is 5.56 Å². The van der Waals surface area contributed by atoms with Crippen molar-refractivity contribution in [2.45, 2.75) is 0 Å². The molecular weight excluding hydrogens is 414 g/mol. The number of fused-ring (bicyclic) bond motifs is 3.